The first-order valence-corrected chi connectivity index (χ1v) is 7.13. The van der Waals surface area contributed by atoms with Gasteiger partial charge in [0, 0.05) is 13.6 Å². The van der Waals surface area contributed by atoms with Crippen molar-refractivity contribution < 1.29 is 4.92 Å². The van der Waals surface area contributed by atoms with Crippen LogP contribution in [0.2, 0.25) is 0 Å². The molecule has 2 rings (SSSR count). The van der Waals surface area contributed by atoms with Crippen molar-refractivity contribution in [1.82, 2.24) is 9.97 Å². The molecular weight excluding hydrogens is 258 g/mol. The van der Waals surface area contributed by atoms with Crippen molar-refractivity contribution in [1.29, 1.82) is 0 Å². The summed E-state index contributed by atoms with van der Waals surface area (Å²) in [6.07, 6.45) is 8.87. The van der Waals surface area contributed by atoms with Gasteiger partial charge in [-0.2, -0.15) is 0 Å². The minimum atomic E-state index is -0.450. The van der Waals surface area contributed by atoms with Gasteiger partial charge in [0.2, 0.25) is 11.6 Å². The first-order chi connectivity index (χ1) is 9.72. The number of nitrogens with one attached hydrogen (secondary N) is 2. The molecule has 7 nitrogen and oxygen atoms in total. The molecule has 0 radical (unpaired) electrons. The lowest BCUT2D eigenvalue weighted by molar-refractivity contribution is -0.383. The lowest BCUT2D eigenvalue weighted by Gasteiger charge is -2.21. The number of nitrogens with zero attached hydrogens (tertiary/aromatic N) is 3. The number of anilines is 2. The van der Waals surface area contributed by atoms with E-state index >= 15 is 0 Å². The smallest absolute Gasteiger partial charge is 0.353 e. The van der Waals surface area contributed by atoms with Crippen LogP contribution in [0.4, 0.5) is 17.3 Å². The van der Waals surface area contributed by atoms with Gasteiger partial charge in [0.1, 0.15) is 6.33 Å². The summed E-state index contributed by atoms with van der Waals surface area (Å²) >= 11 is 0. The Balaban J connectivity index is 1.96. The minimum absolute atomic E-state index is 0.0846. The summed E-state index contributed by atoms with van der Waals surface area (Å²) in [4.78, 5) is 18.5. The molecule has 0 unspecified atom stereocenters. The lowest BCUT2D eigenvalue weighted by Crippen LogP contribution is -2.14. The van der Waals surface area contributed by atoms with Crippen molar-refractivity contribution in [3.63, 3.8) is 0 Å². The molecule has 0 saturated heterocycles. The number of rotatable bonds is 6. The van der Waals surface area contributed by atoms with E-state index in [9.17, 15) is 10.1 Å². The molecular formula is C13H21N5O2. The van der Waals surface area contributed by atoms with Gasteiger partial charge in [-0.1, -0.05) is 32.1 Å². The van der Waals surface area contributed by atoms with Crippen LogP contribution in [0.1, 0.15) is 38.5 Å². The normalized spacial score (nSPS) is 15.8. The largest absolute Gasteiger partial charge is 0.367 e. The Bertz CT molecular complexity index is 460. The lowest BCUT2D eigenvalue weighted by atomic mass is 9.87. The molecule has 0 aliphatic heterocycles. The molecule has 0 aromatic carbocycles. The molecule has 20 heavy (non-hydrogen) atoms. The first kappa shape index (κ1) is 14.5. The van der Waals surface area contributed by atoms with Crippen molar-refractivity contribution in [2.24, 2.45) is 5.92 Å². The van der Waals surface area contributed by atoms with E-state index < -0.39 is 4.92 Å². The SMILES string of the molecule is CNc1ncnc(NCCC2CCCCC2)c1[N+](=O)[O-]. The van der Waals surface area contributed by atoms with Crippen LogP contribution in [0.5, 0.6) is 0 Å². The highest BCUT2D eigenvalue weighted by Crippen LogP contribution is 2.29. The summed E-state index contributed by atoms with van der Waals surface area (Å²) in [5.41, 5.74) is -0.0846. The Morgan fingerprint density at radius 3 is 2.65 bits per heavy atom. The Labute approximate surface area is 118 Å². The molecule has 1 aromatic heterocycles. The molecule has 1 aliphatic rings. The average molecular weight is 279 g/mol. The van der Waals surface area contributed by atoms with Gasteiger partial charge in [0.05, 0.1) is 4.92 Å². The summed E-state index contributed by atoms with van der Waals surface area (Å²) in [5, 5.41) is 16.9. The Morgan fingerprint density at radius 1 is 1.30 bits per heavy atom. The second-order valence-corrected chi connectivity index (χ2v) is 5.15. The zero-order valence-corrected chi connectivity index (χ0v) is 11.8. The van der Waals surface area contributed by atoms with Crippen molar-refractivity contribution >= 4 is 17.3 Å². The van der Waals surface area contributed by atoms with Gasteiger partial charge in [0.25, 0.3) is 0 Å². The van der Waals surface area contributed by atoms with E-state index in [1.54, 1.807) is 7.05 Å². The number of nitro groups is 1. The minimum Gasteiger partial charge on any atom is -0.367 e. The maximum Gasteiger partial charge on any atom is 0.353 e. The van der Waals surface area contributed by atoms with Crippen LogP contribution < -0.4 is 10.6 Å². The van der Waals surface area contributed by atoms with Crippen LogP contribution in [0, 0.1) is 16.0 Å². The third kappa shape index (κ3) is 3.55. The van der Waals surface area contributed by atoms with Crippen molar-refractivity contribution in [2.45, 2.75) is 38.5 Å². The zero-order valence-electron chi connectivity index (χ0n) is 11.8. The van der Waals surface area contributed by atoms with E-state index in [1.165, 1.54) is 38.4 Å². The van der Waals surface area contributed by atoms with Crippen LogP contribution in [0.25, 0.3) is 0 Å². The van der Waals surface area contributed by atoms with Crippen LogP contribution in [-0.2, 0) is 0 Å². The molecule has 1 fully saturated rings. The second-order valence-electron chi connectivity index (χ2n) is 5.15. The van der Waals surface area contributed by atoms with Crippen LogP contribution >= 0.6 is 0 Å². The quantitative estimate of drug-likeness (QED) is 0.614. The topological polar surface area (TPSA) is 93.0 Å². The fourth-order valence-corrected chi connectivity index (χ4v) is 2.73. The summed E-state index contributed by atoms with van der Waals surface area (Å²) in [5.74, 6) is 1.27. The second kappa shape index (κ2) is 7.02. The molecule has 0 spiro atoms. The molecule has 0 atom stereocenters. The van der Waals surface area contributed by atoms with E-state index in [-0.39, 0.29) is 11.5 Å². The van der Waals surface area contributed by atoms with Gasteiger partial charge in [-0.3, -0.25) is 10.1 Å². The predicted octanol–water partition coefficient (Wildman–Crippen LogP) is 2.81. The van der Waals surface area contributed by atoms with Crippen LogP contribution in [0.3, 0.4) is 0 Å². The molecule has 0 amide bonds. The fourth-order valence-electron chi connectivity index (χ4n) is 2.73. The van der Waals surface area contributed by atoms with E-state index in [0.29, 0.717) is 12.4 Å². The highest BCUT2D eigenvalue weighted by molar-refractivity contribution is 5.68. The summed E-state index contributed by atoms with van der Waals surface area (Å²) < 4.78 is 0. The number of hydrogen-bond donors (Lipinski definition) is 2. The molecule has 0 bridgehead atoms. The fraction of sp³-hybridized carbons (Fsp3) is 0.692. The highest BCUT2D eigenvalue weighted by Gasteiger charge is 2.22. The molecule has 1 saturated carbocycles. The molecule has 1 heterocycles. The van der Waals surface area contributed by atoms with E-state index in [0.717, 1.165) is 12.3 Å². The van der Waals surface area contributed by atoms with Gasteiger partial charge in [0.15, 0.2) is 0 Å². The van der Waals surface area contributed by atoms with Crippen LogP contribution in [-0.4, -0.2) is 28.5 Å². The predicted molar refractivity (Wildman–Crippen MR) is 77.9 cm³/mol. The zero-order chi connectivity index (χ0) is 14.4. The molecule has 1 aromatic rings. The molecule has 1 aliphatic carbocycles. The monoisotopic (exact) mass is 279 g/mol. The Hall–Kier alpha value is -1.92. The number of aromatic nitrogens is 2. The molecule has 110 valence electrons. The summed E-state index contributed by atoms with van der Waals surface area (Å²) in [6.45, 7) is 0.714. The molecule has 7 heteroatoms. The van der Waals surface area contributed by atoms with Crippen molar-refractivity contribution in [2.75, 3.05) is 24.2 Å². The van der Waals surface area contributed by atoms with Gasteiger partial charge in [-0.15, -0.1) is 0 Å². The number of hydrogen-bond acceptors (Lipinski definition) is 6. The third-order valence-corrected chi connectivity index (χ3v) is 3.81. The van der Waals surface area contributed by atoms with Gasteiger partial charge >= 0.3 is 5.69 Å². The van der Waals surface area contributed by atoms with Crippen molar-refractivity contribution in [3.05, 3.63) is 16.4 Å². The third-order valence-electron chi connectivity index (χ3n) is 3.81. The van der Waals surface area contributed by atoms with Gasteiger partial charge in [-0.05, 0) is 12.3 Å². The van der Waals surface area contributed by atoms with E-state index in [2.05, 4.69) is 20.6 Å². The van der Waals surface area contributed by atoms with Crippen molar-refractivity contribution in [3.8, 4) is 0 Å². The van der Waals surface area contributed by atoms with Gasteiger partial charge < -0.3 is 10.6 Å². The summed E-state index contributed by atoms with van der Waals surface area (Å²) in [7, 11) is 1.61. The maximum absolute atomic E-state index is 11.1. The first-order valence-electron chi connectivity index (χ1n) is 7.13. The van der Waals surface area contributed by atoms with Gasteiger partial charge in [-0.25, -0.2) is 9.97 Å². The highest BCUT2D eigenvalue weighted by atomic mass is 16.6. The standard InChI is InChI=1S/C13H21N5O2/c1-14-12-11(18(19)20)13(17-9-16-12)15-8-7-10-5-3-2-4-6-10/h9-10H,2-8H2,1H3,(H2,14,15,16,17). The molecule has 2 N–H and O–H groups in total. The maximum atomic E-state index is 11.1. The summed E-state index contributed by atoms with van der Waals surface area (Å²) in [6, 6.07) is 0. The average Bonchev–Trinajstić information content (AvgIpc) is 2.47. The Morgan fingerprint density at radius 2 is 2.00 bits per heavy atom. The Kier molecular flexibility index (Phi) is 5.09. The van der Waals surface area contributed by atoms with Crippen LogP contribution in [0.15, 0.2) is 6.33 Å². The van der Waals surface area contributed by atoms with E-state index in [1.807, 2.05) is 0 Å². The van der Waals surface area contributed by atoms with E-state index in [4.69, 9.17) is 0 Å².